The predicted molar refractivity (Wildman–Crippen MR) is 109 cm³/mol. The first-order valence-electron chi connectivity index (χ1n) is 10.6. The lowest BCUT2D eigenvalue weighted by Gasteiger charge is -2.35. The van der Waals surface area contributed by atoms with Gasteiger partial charge < -0.3 is 4.90 Å². The van der Waals surface area contributed by atoms with E-state index in [1.165, 1.54) is 0 Å². The second-order valence-corrected chi connectivity index (χ2v) is 8.66. The maximum Gasteiger partial charge on any atom is 0.433 e. The third kappa shape index (κ3) is 3.47. The van der Waals surface area contributed by atoms with Gasteiger partial charge in [-0.05, 0) is 44.2 Å². The van der Waals surface area contributed by atoms with Gasteiger partial charge in [-0.2, -0.15) is 18.3 Å². The quantitative estimate of drug-likeness (QED) is 0.618. The van der Waals surface area contributed by atoms with E-state index in [4.69, 9.17) is 0 Å². The normalized spacial score (nSPS) is 20.8. The summed E-state index contributed by atoms with van der Waals surface area (Å²) < 4.78 is 41.9. The number of fused-ring (bicyclic) bond motifs is 1. The lowest BCUT2D eigenvalue weighted by molar-refractivity contribution is -0.143. The number of benzene rings is 1. The Kier molecular flexibility index (Phi) is 4.57. The van der Waals surface area contributed by atoms with Crippen LogP contribution in [-0.2, 0) is 16.4 Å². The molecule has 162 valence electrons. The number of hydrogen-bond acceptors (Lipinski definition) is 3. The largest absolute Gasteiger partial charge is 0.433 e. The Morgan fingerprint density at radius 2 is 1.90 bits per heavy atom. The number of alkyl halides is 3. The maximum atomic E-state index is 13.7. The van der Waals surface area contributed by atoms with Crippen LogP contribution in [0.15, 0.2) is 42.5 Å². The molecule has 1 saturated heterocycles. The van der Waals surface area contributed by atoms with E-state index in [2.05, 4.69) is 10.1 Å². The highest BCUT2D eigenvalue weighted by molar-refractivity contribution is 5.91. The average molecular weight is 428 g/mol. The van der Waals surface area contributed by atoms with Crippen LogP contribution in [0.3, 0.4) is 0 Å². The van der Waals surface area contributed by atoms with Crippen molar-refractivity contribution in [1.82, 2.24) is 19.5 Å². The van der Waals surface area contributed by atoms with Crippen LogP contribution < -0.4 is 0 Å². The molecule has 1 aromatic carbocycles. The fraction of sp³-hybridized carbons (Fsp3) is 0.435. The molecule has 0 N–H and O–H groups in total. The Bertz CT molecular complexity index is 1130. The number of aryl methyl sites for hydroxylation is 1. The molecule has 3 aromatic rings. The summed E-state index contributed by atoms with van der Waals surface area (Å²) in [5.41, 5.74) is 0.771. The Morgan fingerprint density at radius 1 is 1.16 bits per heavy atom. The van der Waals surface area contributed by atoms with E-state index in [-0.39, 0.29) is 17.5 Å². The highest BCUT2D eigenvalue weighted by atomic mass is 19.4. The molecule has 1 aliphatic heterocycles. The minimum Gasteiger partial charge on any atom is -0.341 e. The molecule has 1 unspecified atom stereocenters. The van der Waals surface area contributed by atoms with Crippen LogP contribution in [-0.4, -0.2) is 38.5 Å². The van der Waals surface area contributed by atoms with Crippen LogP contribution in [0.1, 0.15) is 54.2 Å². The Hall–Kier alpha value is -2.90. The summed E-state index contributed by atoms with van der Waals surface area (Å²) in [6, 6.07) is 12.4. The number of halogens is 3. The van der Waals surface area contributed by atoms with Crippen LogP contribution in [0.4, 0.5) is 13.2 Å². The zero-order chi connectivity index (χ0) is 21.8. The van der Waals surface area contributed by atoms with Gasteiger partial charge in [-0.25, -0.2) is 9.50 Å². The number of likely N-dealkylation sites (tertiary alicyclic amines) is 1. The van der Waals surface area contributed by atoms with E-state index in [1.807, 2.05) is 35.2 Å². The van der Waals surface area contributed by atoms with Gasteiger partial charge in [0.15, 0.2) is 5.65 Å². The third-order valence-corrected chi connectivity index (χ3v) is 6.47. The second-order valence-electron chi connectivity index (χ2n) is 8.66. The number of nitrogens with zero attached hydrogens (tertiary/aromatic N) is 4. The molecule has 5 rings (SSSR count). The molecule has 1 amide bonds. The zero-order valence-electron chi connectivity index (χ0n) is 17.2. The van der Waals surface area contributed by atoms with Gasteiger partial charge in [0.05, 0.1) is 11.1 Å². The maximum absolute atomic E-state index is 13.7. The number of aromatic nitrogens is 3. The van der Waals surface area contributed by atoms with Crippen molar-refractivity contribution in [2.75, 3.05) is 13.1 Å². The van der Waals surface area contributed by atoms with Crippen LogP contribution >= 0.6 is 0 Å². The molecule has 3 heterocycles. The number of hydrogen-bond donors (Lipinski definition) is 0. The molecule has 1 aliphatic carbocycles. The van der Waals surface area contributed by atoms with Gasteiger partial charge in [0, 0.05) is 30.8 Å². The fourth-order valence-electron chi connectivity index (χ4n) is 4.73. The van der Waals surface area contributed by atoms with Gasteiger partial charge in [0.2, 0.25) is 5.91 Å². The van der Waals surface area contributed by atoms with Crippen molar-refractivity contribution < 1.29 is 18.0 Å². The van der Waals surface area contributed by atoms with E-state index < -0.39 is 17.3 Å². The van der Waals surface area contributed by atoms with Crippen molar-refractivity contribution >= 4 is 11.6 Å². The van der Waals surface area contributed by atoms with Crippen LogP contribution in [0.25, 0.3) is 5.65 Å². The minimum atomic E-state index is -4.54. The molecule has 2 aromatic heterocycles. The van der Waals surface area contributed by atoms with Crippen molar-refractivity contribution in [1.29, 1.82) is 0 Å². The van der Waals surface area contributed by atoms with Crippen LogP contribution in [0.2, 0.25) is 0 Å². The van der Waals surface area contributed by atoms with E-state index in [0.717, 1.165) is 35.4 Å². The molecular formula is C23H23F3N4O. The van der Waals surface area contributed by atoms with Crippen molar-refractivity contribution in [2.45, 2.75) is 50.1 Å². The van der Waals surface area contributed by atoms with Crippen molar-refractivity contribution in [2.24, 2.45) is 0 Å². The number of carbonyl (C=O) groups is 1. The van der Waals surface area contributed by atoms with E-state index in [0.29, 0.717) is 30.9 Å². The Labute approximate surface area is 177 Å². The predicted octanol–water partition coefficient (Wildman–Crippen LogP) is 4.49. The van der Waals surface area contributed by atoms with Gasteiger partial charge in [-0.3, -0.25) is 4.79 Å². The summed E-state index contributed by atoms with van der Waals surface area (Å²) >= 11 is 0. The standard InChI is InChI=1S/C23H23F3N4O/c1-15-12-20-27-18(13-19(23(24,25)26)30(20)28-15)16-6-5-11-29(14-16)21(31)22(9-10-22)17-7-3-2-4-8-17/h2-4,7-8,12-13,16H,5-6,9-11,14H2,1H3. The number of amides is 1. The van der Waals surface area contributed by atoms with Crippen LogP contribution in [0, 0.1) is 6.92 Å². The van der Waals surface area contributed by atoms with Crippen molar-refractivity contribution in [3.05, 3.63) is 65.1 Å². The van der Waals surface area contributed by atoms with Gasteiger partial charge in [-0.15, -0.1) is 0 Å². The van der Waals surface area contributed by atoms with Crippen molar-refractivity contribution in [3.8, 4) is 0 Å². The third-order valence-electron chi connectivity index (χ3n) is 6.47. The molecular weight excluding hydrogens is 405 g/mol. The first-order chi connectivity index (χ1) is 14.8. The van der Waals surface area contributed by atoms with E-state index in [9.17, 15) is 18.0 Å². The SMILES string of the molecule is Cc1cc2nc(C3CCCN(C(=O)C4(c5ccccc5)CC4)C3)cc(C(F)(F)F)n2n1. The Balaban J connectivity index is 1.45. The summed E-state index contributed by atoms with van der Waals surface area (Å²) in [6.45, 7) is 2.67. The van der Waals surface area contributed by atoms with Gasteiger partial charge in [0.25, 0.3) is 0 Å². The van der Waals surface area contributed by atoms with Gasteiger partial charge in [0.1, 0.15) is 5.69 Å². The highest BCUT2D eigenvalue weighted by Gasteiger charge is 2.53. The number of piperidine rings is 1. The zero-order valence-corrected chi connectivity index (χ0v) is 17.2. The second kappa shape index (κ2) is 7.07. The van der Waals surface area contributed by atoms with Gasteiger partial charge in [-0.1, -0.05) is 30.3 Å². The molecule has 2 aliphatic rings. The molecule has 8 heteroatoms. The summed E-state index contributed by atoms with van der Waals surface area (Å²) in [5.74, 6) is -0.147. The van der Waals surface area contributed by atoms with Crippen LogP contribution in [0.5, 0.6) is 0 Å². The topological polar surface area (TPSA) is 50.5 Å². The molecule has 1 saturated carbocycles. The number of rotatable bonds is 3. The smallest absolute Gasteiger partial charge is 0.341 e. The lowest BCUT2D eigenvalue weighted by Crippen LogP contribution is -2.44. The monoisotopic (exact) mass is 428 g/mol. The summed E-state index contributed by atoms with van der Waals surface area (Å²) in [7, 11) is 0. The van der Waals surface area contributed by atoms with E-state index in [1.54, 1.807) is 13.0 Å². The minimum absolute atomic E-state index is 0.0840. The molecule has 2 fully saturated rings. The molecule has 1 atom stereocenters. The van der Waals surface area contributed by atoms with E-state index >= 15 is 0 Å². The summed E-state index contributed by atoms with van der Waals surface area (Å²) in [6.07, 6.45) is -1.46. The first kappa shape index (κ1) is 20.0. The number of carbonyl (C=O) groups excluding carboxylic acids is 1. The molecule has 0 radical (unpaired) electrons. The molecule has 31 heavy (non-hydrogen) atoms. The highest BCUT2D eigenvalue weighted by Crippen LogP contribution is 2.50. The molecule has 5 nitrogen and oxygen atoms in total. The fourth-order valence-corrected chi connectivity index (χ4v) is 4.73. The van der Waals surface area contributed by atoms with Gasteiger partial charge >= 0.3 is 6.18 Å². The lowest BCUT2D eigenvalue weighted by atomic mass is 9.90. The molecule has 0 bridgehead atoms. The summed E-state index contributed by atoms with van der Waals surface area (Å²) in [5, 5.41) is 3.95. The average Bonchev–Trinajstić information content (AvgIpc) is 3.48. The Morgan fingerprint density at radius 3 is 2.58 bits per heavy atom. The first-order valence-corrected chi connectivity index (χ1v) is 10.6. The van der Waals surface area contributed by atoms with Crippen molar-refractivity contribution in [3.63, 3.8) is 0 Å². The molecule has 0 spiro atoms. The summed E-state index contributed by atoms with van der Waals surface area (Å²) in [4.78, 5) is 19.7.